The van der Waals surface area contributed by atoms with Gasteiger partial charge in [-0.1, -0.05) is 36.4 Å². The van der Waals surface area contributed by atoms with Gasteiger partial charge in [-0.15, -0.1) is 0 Å². The second-order valence-corrected chi connectivity index (χ2v) is 4.78. The van der Waals surface area contributed by atoms with Crippen molar-refractivity contribution in [1.29, 1.82) is 0 Å². The number of ether oxygens (including phenoxy) is 1. The van der Waals surface area contributed by atoms with Crippen molar-refractivity contribution in [3.8, 4) is 0 Å². The van der Waals surface area contributed by atoms with Crippen LogP contribution in [-0.2, 0) is 4.74 Å². The van der Waals surface area contributed by atoms with Gasteiger partial charge in [0.15, 0.2) is 0 Å². The second-order valence-electron chi connectivity index (χ2n) is 4.78. The van der Waals surface area contributed by atoms with Crippen molar-refractivity contribution in [2.24, 2.45) is 5.73 Å². The van der Waals surface area contributed by atoms with Crippen molar-refractivity contribution in [3.63, 3.8) is 0 Å². The second kappa shape index (κ2) is 5.42. The fourth-order valence-electron chi connectivity index (χ4n) is 2.30. The number of rotatable bonds is 3. The highest BCUT2D eigenvalue weighted by Gasteiger charge is 2.17. The first-order valence-corrected chi connectivity index (χ1v) is 6.61. The summed E-state index contributed by atoms with van der Waals surface area (Å²) in [6.45, 7) is 0. The fourth-order valence-corrected chi connectivity index (χ4v) is 2.30. The molecule has 2 N–H and O–H groups in total. The molecule has 0 spiro atoms. The number of benzene rings is 2. The number of hydrogen-bond donors (Lipinski definition) is 1. The molecule has 1 unspecified atom stereocenters. The van der Waals surface area contributed by atoms with Crippen LogP contribution in [0.25, 0.3) is 10.8 Å². The predicted molar refractivity (Wildman–Crippen MR) is 80.0 cm³/mol. The van der Waals surface area contributed by atoms with E-state index >= 15 is 0 Å². The molecule has 4 nitrogen and oxygen atoms in total. The van der Waals surface area contributed by atoms with E-state index in [4.69, 9.17) is 10.2 Å². The van der Waals surface area contributed by atoms with Crippen LogP contribution in [0.3, 0.4) is 0 Å². The number of methoxy groups -OCH3 is 1. The summed E-state index contributed by atoms with van der Waals surface area (Å²) < 4.78 is 10.1. The molecule has 1 aromatic heterocycles. The first-order valence-electron chi connectivity index (χ1n) is 6.61. The van der Waals surface area contributed by atoms with Crippen molar-refractivity contribution in [2.75, 3.05) is 7.11 Å². The number of furan rings is 1. The highest BCUT2D eigenvalue weighted by molar-refractivity contribution is 5.86. The van der Waals surface area contributed by atoms with Gasteiger partial charge in [0.1, 0.15) is 5.76 Å². The Morgan fingerprint density at radius 1 is 1.10 bits per heavy atom. The smallest absolute Gasteiger partial charge is 0.373 e. The SMILES string of the molecule is COC(=O)c1ccc(C(N)c2ccc3ccccc3c2)o1. The van der Waals surface area contributed by atoms with Crippen LogP contribution in [0.15, 0.2) is 59.0 Å². The Morgan fingerprint density at radius 3 is 2.62 bits per heavy atom. The Morgan fingerprint density at radius 2 is 1.86 bits per heavy atom. The van der Waals surface area contributed by atoms with Crippen molar-refractivity contribution in [3.05, 3.63) is 71.7 Å². The third-order valence-corrected chi connectivity index (χ3v) is 3.45. The van der Waals surface area contributed by atoms with Crippen LogP contribution in [0.2, 0.25) is 0 Å². The average Bonchev–Trinajstić information content (AvgIpc) is 3.03. The molecule has 2 aromatic carbocycles. The highest BCUT2D eigenvalue weighted by atomic mass is 16.5. The molecular weight excluding hydrogens is 266 g/mol. The molecule has 0 amide bonds. The van der Waals surface area contributed by atoms with Gasteiger partial charge < -0.3 is 14.9 Å². The molecule has 106 valence electrons. The molecule has 4 heteroatoms. The molecule has 0 bridgehead atoms. The lowest BCUT2D eigenvalue weighted by molar-refractivity contribution is 0.0562. The van der Waals surface area contributed by atoms with Gasteiger partial charge >= 0.3 is 5.97 Å². The molecular formula is C17H15NO3. The lowest BCUT2D eigenvalue weighted by Crippen LogP contribution is -2.11. The minimum absolute atomic E-state index is 0.156. The zero-order valence-corrected chi connectivity index (χ0v) is 11.6. The van der Waals surface area contributed by atoms with Gasteiger partial charge in [0.05, 0.1) is 13.2 Å². The maximum Gasteiger partial charge on any atom is 0.373 e. The monoisotopic (exact) mass is 281 g/mol. The largest absolute Gasteiger partial charge is 0.463 e. The summed E-state index contributed by atoms with van der Waals surface area (Å²) in [6, 6.07) is 16.9. The minimum atomic E-state index is -0.507. The topological polar surface area (TPSA) is 65.5 Å². The van der Waals surface area contributed by atoms with Gasteiger partial charge in [0, 0.05) is 0 Å². The summed E-state index contributed by atoms with van der Waals surface area (Å²) in [5.74, 6) is 0.182. The summed E-state index contributed by atoms with van der Waals surface area (Å²) in [4.78, 5) is 11.4. The van der Waals surface area contributed by atoms with Crippen LogP contribution < -0.4 is 5.73 Å². The van der Waals surface area contributed by atoms with E-state index in [1.165, 1.54) is 7.11 Å². The number of hydrogen-bond acceptors (Lipinski definition) is 4. The predicted octanol–water partition coefficient (Wildman–Crippen LogP) is 3.27. The van der Waals surface area contributed by atoms with Crippen molar-refractivity contribution in [2.45, 2.75) is 6.04 Å². The van der Waals surface area contributed by atoms with Gasteiger partial charge in [-0.3, -0.25) is 0 Å². The Balaban J connectivity index is 1.94. The number of nitrogens with two attached hydrogens (primary N) is 1. The van der Waals surface area contributed by atoms with E-state index < -0.39 is 12.0 Å². The summed E-state index contributed by atoms with van der Waals surface area (Å²) in [6.07, 6.45) is 0. The quantitative estimate of drug-likeness (QED) is 0.748. The summed E-state index contributed by atoms with van der Waals surface area (Å²) >= 11 is 0. The standard InChI is InChI=1S/C17H15NO3/c1-20-17(19)15-9-8-14(21-15)16(18)13-7-6-11-4-2-3-5-12(11)10-13/h2-10,16H,18H2,1H3. The average molecular weight is 281 g/mol. The Kier molecular flexibility index (Phi) is 3.46. The number of carbonyl (C=O) groups excluding carboxylic acids is 1. The molecule has 1 atom stereocenters. The third kappa shape index (κ3) is 2.53. The normalized spacial score (nSPS) is 12.3. The lowest BCUT2D eigenvalue weighted by Gasteiger charge is -2.10. The summed E-state index contributed by atoms with van der Waals surface area (Å²) in [5.41, 5.74) is 7.15. The summed E-state index contributed by atoms with van der Waals surface area (Å²) in [5, 5.41) is 2.27. The molecule has 3 rings (SSSR count). The molecule has 1 heterocycles. The van der Waals surface area contributed by atoms with Gasteiger partial charge in [-0.05, 0) is 34.5 Å². The zero-order chi connectivity index (χ0) is 14.8. The Bertz CT molecular complexity index is 791. The third-order valence-electron chi connectivity index (χ3n) is 3.45. The van der Waals surface area contributed by atoms with Crippen molar-refractivity contribution in [1.82, 2.24) is 0 Å². The molecule has 0 aliphatic carbocycles. The first-order chi connectivity index (χ1) is 10.2. The first kappa shape index (κ1) is 13.4. The van der Waals surface area contributed by atoms with E-state index in [-0.39, 0.29) is 5.76 Å². The van der Waals surface area contributed by atoms with E-state index in [1.54, 1.807) is 12.1 Å². The molecule has 21 heavy (non-hydrogen) atoms. The molecule has 0 saturated carbocycles. The molecule has 3 aromatic rings. The zero-order valence-electron chi connectivity index (χ0n) is 11.6. The lowest BCUT2D eigenvalue weighted by atomic mass is 10.0. The molecule has 0 fully saturated rings. The van der Waals surface area contributed by atoms with Gasteiger partial charge in [-0.2, -0.15) is 0 Å². The summed E-state index contributed by atoms with van der Waals surface area (Å²) in [7, 11) is 1.31. The van der Waals surface area contributed by atoms with E-state index in [1.807, 2.05) is 42.5 Å². The molecule has 0 aliphatic heterocycles. The highest BCUT2D eigenvalue weighted by Crippen LogP contribution is 2.25. The van der Waals surface area contributed by atoms with Crippen LogP contribution >= 0.6 is 0 Å². The van der Waals surface area contributed by atoms with Crippen LogP contribution in [0.5, 0.6) is 0 Å². The van der Waals surface area contributed by atoms with Gasteiger partial charge in [0.25, 0.3) is 0 Å². The van der Waals surface area contributed by atoms with Crippen LogP contribution in [0.1, 0.15) is 27.9 Å². The number of carbonyl (C=O) groups is 1. The maximum absolute atomic E-state index is 11.4. The van der Waals surface area contributed by atoms with E-state index in [9.17, 15) is 4.79 Å². The van der Waals surface area contributed by atoms with Crippen LogP contribution in [-0.4, -0.2) is 13.1 Å². The van der Waals surface area contributed by atoms with Crippen molar-refractivity contribution >= 4 is 16.7 Å². The van der Waals surface area contributed by atoms with Gasteiger partial charge in [0.2, 0.25) is 5.76 Å². The Hall–Kier alpha value is -2.59. The molecule has 0 radical (unpaired) electrons. The number of fused-ring (bicyclic) bond motifs is 1. The van der Waals surface area contributed by atoms with E-state index in [2.05, 4.69) is 4.74 Å². The van der Waals surface area contributed by atoms with Crippen LogP contribution in [0, 0.1) is 0 Å². The van der Waals surface area contributed by atoms with E-state index in [0.29, 0.717) is 5.76 Å². The molecule has 0 saturated heterocycles. The maximum atomic E-state index is 11.4. The van der Waals surface area contributed by atoms with E-state index in [0.717, 1.165) is 16.3 Å². The van der Waals surface area contributed by atoms with Crippen LogP contribution in [0.4, 0.5) is 0 Å². The fraction of sp³-hybridized carbons (Fsp3) is 0.118. The van der Waals surface area contributed by atoms with Gasteiger partial charge in [-0.25, -0.2) is 4.79 Å². The Labute approximate surface area is 122 Å². The van der Waals surface area contributed by atoms with Crippen molar-refractivity contribution < 1.29 is 13.9 Å². The number of esters is 1. The molecule has 0 aliphatic rings. The minimum Gasteiger partial charge on any atom is -0.463 e.